The first-order valence-electron chi connectivity index (χ1n) is 10.5. The van der Waals surface area contributed by atoms with Crippen molar-refractivity contribution in [2.24, 2.45) is 0 Å². The molecule has 162 valence electrons. The van der Waals surface area contributed by atoms with E-state index in [2.05, 4.69) is 12.2 Å². The van der Waals surface area contributed by atoms with E-state index in [1.54, 1.807) is 54.6 Å². The second kappa shape index (κ2) is 10.8. The summed E-state index contributed by atoms with van der Waals surface area (Å²) in [6.07, 6.45) is 2.98. The van der Waals surface area contributed by atoms with Crippen LogP contribution in [0.25, 0.3) is 0 Å². The number of carbonyl (C=O) groups excluding carboxylic acids is 1. The Hall–Kier alpha value is -3.12. The molecular formula is C25H28N2O3S. The number of anilines is 1. The molecule has 0 aromatic heterocycles. The Kier molecular flexibility index (Phi) is 7.84. The number of para-hydroxylation sites is 1. The average molecular weight is 437 g/mol. The SMILES string of the molecule is CCCCCNC(=O)c1ccccc1N(Cc1ccccc1)S(=O)(=O)c1ccccc1. The van der Waals surface area contributed by atoms with Crippen molar-refractivity contribution < 1.29 is 13.2 Å². The topological polar surface area (TPSA) is 66.5 Å². The number of hydrogen-bond donors (Lipinski definition) is 1. The third-order valence-electron chi connectivity index (χ3n) is 4.98. The summed E-state index contributed by atoms with van der Waals surface area (Å²) in [5.74, 6) is -0.270. The van der Waals surface area contributed by atoms with Gasteiger partial charge in [0.05, 0.1) is 22.7 Å². The standard InChI is InChI=1S/C25H28N2O3S/c1-2-3-12-19-26-25(28)23-17-10-11-18-24(23)27(20-21-13-6-4-7-14-21)31(29,30)22-15-8-5-9-16-22/h4-11,13-18H,2-3,12,19-20H2,1H3,(H,26,28). The zero-order valence-electron chi connectivity index (χ0n) is 17.7. The van der Waals surface area contributed by atoms with Crippen LogP contribution in [0.2, 0.25) is 0 Å². The lowest BCUT2D eigenvalue weighted by molar-refractivity contribution is 0.0953. The van der Waals surface area contributed by atoms with Crippen LogP contribution in [0.3, 0.4) is 0 Å². The van der Waals surface area contributed by atoms with Crippen molar-refractivity contribution in [1.29, 1.82) is 0 Å². The summed E-state index contributed by atoms with van der Waals surface area (Å²) in [5.41, 5.74) is 1.54. The number of sulfonamides is 1. The Morgan fingerprint density at radius 3 is 2.13 bits per heavy atom. The Labute approximate surface area is 184 Å². The van der Waals surface area contributed by atoms with E-state index < -0.39 is 10.0 Å². The number of carbonyl (C=O) groups is 1. The van der Waals surface area contributed by atoms with Gasteiger partial charge in [0.2, 0.25) is 0 Å². The van der Waals surface area contributed by atoms with E-state index in [0.29, 0.717) is 17.8 Å². The van der Waals surface area contributed by atoms with Crippen molar-refractivity contribution in [1.82, 2.24) is 5.32 Å². The summed E-state index contributed by atoms with van der Waals surface area (Å²) in [6.45, 7) is 2.79. The fourth-order valence-electron chi connectivity index (χ4n) is 3.32. The van der Waals surface area contributed by atoms with Crippen molar-refractivity contribution in [3.8, 4) is 0 Å². The molecule has 1 amide bonds. The molecule has 5 nitrogen and oxygen atoms in total. The quantitative estimate of drug-likeness (QED) is 0.455. The normalized spacial score (nSPS) is 11.1. The van der Waals surface area contributed by atoms with Gasteiger partial charge in [-0.25, -0.2) is 8.42 Å². The van der Waals surface area contributed by atoms with Crippen LogP contribution in [-0.2, 0) is 16.6 Å². The Morgan fingerprint density at radius 2 is 1.45 bits per heavy atom. The molecule has 3 rings (SSSR count). The predicted octanol–water partition coefficient (Wildman–Crippen LogP) is 5.00. The van der Waals surface area contributed by atoms with Gasteiger partial charge in [0.1, 0.15) is 0 Å². The van der Waals surface area contributed by atoms with Crippen LogP contribution in [0.5, 0.6) is 0 Å². The van der Waals surface area contributed by atoms with E-state index in [-0.39, 0.29) is 17.3 Å². The first kappa shape index (κ1) is 22.6. The molecule has 0 aliphatic rings. The summed E-state index contributed by atoms with van der Waals surface area (Å²) < 4.78 is 28.5. The molecule has 0 heterocycles. The van der Waals surface area contributed by atoms with Crippen molar-refractivity contribution in [2.45, 2.75) is 37.6 Å². The average Bonchev–Trinajstić information content (AvgIpc) is 2.81. The first-order valence-corrected chi connectivity index (χ1v) is 12.0. The maximum Gasteiger partial charge on any atom is 0.264 e. The van der Waals surface area contributed by atoms with Crippen molar-refractivity contribution in [2.75, 3.05) is 10.8 Å². The number of amides is 1. The maximum absolute atomic E-state index is 13.6. The number of unbranched alkanes of at least 4 members (excludes halogenated alkanes) is 2. The van der Waals surface area contributed by atoms with Crippen molar-refractivity contribution >= 4 is 21.6 Å². The third-order valence-corrected chi connectivity index (χ3v) is 6.76. The molecule has 0 radical (unpaired) electrons. The maximum atomic E-state index is 13.6. The molecule has 0 saturated carbocycles. The van der Waals surface area contributed by atoms with Crippen LogP contribution in [0.15, 0.2) is 89.8 Å². The largest absolute Gasteiger partial charge is 0.352 e. The van der Waals surface area contributed by atoms with Crippen LogP contribution in [0.1, 0.15) is 42.1 Å². The van der Waals surface area contributed by atoms with E-state index >= 15 is 0 Å². The molecule has 0 bridgehead atoms. The summed E-state index contributed by atoms with van der Waals surface area (Å²) >= 11 is 0. The minimum atomic E-state index is -3.88. The van der Waals surface area contributed by atoms with Crippen molar-refractivity contribution in [3.63, 3.8) is 0 Å². The Bertz CT molecular complexity index is 1080. The van der Waals surface area contributed by atoms with E-state index in [0.717, 1.165) is 24.8 Å². The minimum absolute atomic E-state index is 0.123. The molecule has 0 aliphatic carbocycles. The zero-order valence-corrected chi connectivity index (χ0v) is 18.5. The fourth-order valence-corrected chi connectivity index (χ4v) is 4.82. The predicted molar refractivity (Wildman–Crippen MR) is 125 cm³/mol. The molecule has 0 spiro atoms. The number of nitrogens with zero attached hydrogens (tertiary/aromatic N) is 1. The summed E-state index contributed by atoms with van der Waals surface area (Å²) in [4.78, 5) is 13.1. The second-order valence-corrected chi connectivity index (χ2v) is 9.15. The van der Waals surface area contributed by atoms with E-state index in [4.69, 9.17) is 0 Å². The molecule has 1 N–H and O–H groups in total. The summed E-state index contributed by atoms with van der Waals surface area (Å²) in [6, 6.07) is 24.5. The lowest BCUT2D eigenvalue weighted by atomic mass is 10.1. The van der Waals surface area contributed by atoms with Gasteiger partial charge in [0.25, 0.3) is 15.9 Å². The summed E-state index contributed by atoms with van der Waals surface area (Å²) in [5, 5.41) is 2.92. The van der Waals surface area contributed by atoms with Gasteiger partial charge in [-0.15, -0.1) is 0 Å². The Balaban J connectivity index is 2.01. The van der Waals surface area contributed by atoms with Gasteiger partial charge in [-0.3, -0.25) is 9.10 Å². The molecule has 0 atom stereocenters. The highest BCUT2D eigenvalue weighted by Crippen LogP contribution is 2.29. The van der Waals surface area contributed by atoms with Gasteiger partial charge in [-0.2, -0.15) is 0 Å². The third kappa shape index (κ3) is 5.73. The van der Waals surface area contributed by atoms with E-state index in [1.165, 1.54) is 4.31 Å². The van der Waals surface area contributed by atoms with Gasteiger partial charge in [-0.05, 0) is 36.2 Å². The number of hydrogen-bond acceptors (Lipinski definition) is 3. The Morgan fingerprint density at radius 1 is 0.839 bits per heavy atom. The highest BCUT2D eigenvalue weighted by molar-refractivity contribution is 7.92. The van der Waals surface area contributed by atoms with Crippen LogP contribution < -0.4 is 9.62 Å². The highest BCUT2D eigenvalue weighted by Gasteiger charge is 2.28. The fraction of sp³-hybridized carbons (Fsp3) is 0.240. The molecule has 0 aliphatic heterocycles. The molecule has 3 aromatic carbocycles. The van der Waals surface area contributed by atoms with Gasteiger partial charge < -0.3 is 5.32 Å². The van der Waals surface area contributed by atoms with Crippen molar-refractivity contribution in [3.05, 3.63) is 96.1 Å². The first-order chi connectivity index (χ1) is 15.0. The van der Waals surface area contributed by atoms with Gasteiger partial charge in [0.15, 0.2) is 0 Å². The second-order valence-electron chi connectivity index (χ2n) is 7.29. The summed E-state index contributed by atoms with van der Waals surface area (Å²) in [7, 11) is -3.88. The number of rotatable bonds is 10. The monoisotopic (exact) mass is 436 g/mol. The van der Waals surface area contributed by atoms with Gasteiger partial charge >= 0.3 is 0 Å². The number of nitrogens with one attached hydrogen (secondary N) is 1. The zero-order chi connectivity index (χ0) is 22.1. The molecule has 31 heavy (non-hydrogen) atoms. The lowest BCUT2D eigenvalue weighted by Crippen LogP contribution is -2.33. The highest BCUT2D eigenvalue weighted by atomic mass is 32.2. The van der Waals surface area contributed by atoms with Crippen LogP contribution in [0.4, 0.5) is 5.69 Å². The lowest BCUT2D eigenvalue weighted by Gasteiger charge is -2.26. The molecule has 0 saturated heterocycles. The van der Waals surface area contributed by atoms with E-state index in [9.17, 15) is 13.2 Å². The minimum Gasteiger partial charge on any atom is -0.352 e. The molecular weight excluding hydrogens is 408 g/mol. The van der Waals surface area contributed by atoms with Crippen LogP contribution in [0, 0.1) is 0 Å². The number of benzene rings is 3. The molecule has 6 heteroatoms. The molecule has 0 unspecified atom stereocenters. The van der Waals surface area contributed by atoms with Crippen LogP contribution >= 0.6 is 0 Å². The van der Waals surface area contributed by atoms with Gasteiger partial charge in [0, 0.05) is 6.54 Å². The van der Waals surface area contributed by atoms with E-state index in [1.807, 2.05) is 30.3 Å². The molecule has 0 fully saturated rings. The van der Waals surface area contributed by atoms with Crippen LogP contribution in [-0.4, -0.2) is 20.9 Å². The molecule has 3 aromatic rings. The smallest absolute Gasteiger partial charge is 0.264 e. The van der Waals surface area contributed by atoms with Gasteiger partial charge in [-0.1, -0.05) is 80.4 Å².